The van der Waals surface area contributed by atoms with Crippen molar-refractivity contribution < 1.29 is 14.1 Å². The van der Waals surface area contributed by atoms with E-state index in [-0.39, 0.29) is 12.5 Å². The molecule has 2 aromatic rings. The zero-order valence-electron chi connectivity index (χ0n) is 13.4. The number of hydrogen-bond donors (Lipinski definition) is 1. The van der Waals surface area contributed by atoms with Crippen molar-refractivity contribution in [3.8, 4) is 11.8 Å². The molecular weight excluding hydrogens is 308 g/mol. The predicted octanol–water partition coefficient (Wildman–Crippen LogP) is 2.21. The molecule has 1 aromatic carbocycles. The molecule has 1 fully saturated rings. The maximum absolute atomic E-state index is 12.3. The van der Waals surface area contributed by atoms with E-state index in [4.69, 9.17) is 14.5 Å². The van der Waals surface area contributed by atoms with Crippen LogP contribution in [0.25, 0.3) is 0 Å². The van der Waals surface area contributed by atoms with Gasteiger partial charge in [0.1, 0.15) is 11.3 Å². The van der Waals surface area contributed by atoms with Crippen molar-refractivity contribution >= 4 is 5.91 Å². The number of carbonyl (C=O) groups excluding carboxylic acids is 1. The Bertz CT molecular complexity index is 755. The van der Waals surface area contributed by atoms with Gasteiger partial charge in [0.2, 0.25) is 5.89 Å². The topological polar surface area (TPSA) is 101 Å². The first kappa shape index (κ1) is 16.0. The molecule has 0 spiro atoms. The van der Waals surface area contributed by atoms with Crippen LogP contribution in [0.1, 0.15) is 43.0 Å². The second-order valence-corrected chi connectivity index (χ2v) is 5.90. The van der Waals surface area contributed by atoms with Gasteiger partial charge in [0, 0.05) is 6.92 Å². The number of aromatic nitrogens is 2. The third-order valence-corrected chi connectivity index (χ3v) is 4.14. The minimum atomic E-state index is -0.567. The Hall–Kier alpha value is -2.88. The van der Waals surface area contributed by atoms with Gasteiger partial charge in [0.15, 0.2) is 12.4 Å². The maximum Gasteiger partial charge on any atom is 0.258 e. The number of nitrogens with one attached hydrogen (secondary N) is 1. The molecule has 1 aliphatic rings. The van der Waals surface area contributed by atoms with E-state index in [9.17, 15) is 4.79 Å². The van der Waals surface area contributed by atoms with Crippen molar-refractivity contribution in [2.45, 2.75) is 38.1 Å². The summed E-state index contributed by atoms with van der Waals surface area (Å²) in [6, 6.07) is 8.66. The van der Waals surface area contributed by atoms with Crippen molar-refractivity contribution in [1.29, 1.82) is 5.26 Å². The fourth-order valence-corrected chi connectivity index (χ4v) is 2.95. The highest BCUT2D eigenvalue weighted by molar-refractivity contribution is 5.78. The fourth-order valence-electron chi connectivity index (χ4n) is 2.95. The van der Waals surface area contributed by atoms with E-state index in [0.717, 1.165) is 25.7 Å². The summed E-state index contributed by atoms with van der Waals surface area (Å²) in [7, 11) is 0. The molecule has 124 valence electrons. The Balaban J connectivity index is 1.63. The van der Waals surface area contributed by atoms with Gasteiger partial charge in [-0.05, 0) is 37.1 Å². The molecule has 1 aromatic heterocycles. The molecule has 1 N–H and O–H groups in total. The molecule has 7 nitrogen and oxygen atoms in total. The lowest BCUT2D eigenvalue weighted by atomic mass is 9.96. The van der Waals surface area contributed by atoms with Gasteiger partial charge in [-0.1, -0.05) is 18.0 Å². The molecule has 0 unspecified atom stereocenters. The summed E-state index contributed by atoms with van der Waals surface area (Å²) in [6.07, 6.45) is 3.58. The number of carbonyl (C=O) groups is 1. The summed E-state index contributed by atoms with van der Waals surface area (Å²) in [5.74, 6) is 1.33. The van der Waals surface area contributed by atoms with Crippen molar-refractivity contribution in [1.82, 2.24) is 15.5 Å². The molecule has 3 rings (SSSR count). The van der Waals surface area contributed by atoms with Crippen molar-refractivity contribution in [2.75, 3.05) is 6.61 Å². The van der Waals surface area contributed by atoms with E-state index < -0.39 is 5.54 Å². The van der Waals surface area contributed by atoms with Crippen LogP contribution in [0.3, 0.4) is 0 Å². The molecule has 1 aliphatic carbocycles. The van der Waals surface area contributed by atoms with Gasteiger partial charge in [-0.15, -0.1) is 0 Å². The number of rotatable bonds is 5. The molecule has 1 heterocycles. The van der Waals surface area contributed by atoms with Crippen LogP contribution in [0.15, 0.2) is 28.8 Å². The zero-order chi connectivity index (χ0) is 17.0. The minimum Gasteiger partial charge on any atom is -0.484 e. The Labute approximate surface area is 139 Å². The molecule has 7 heteroatoms. The third kappa shape index (κ3) is 3.38. The maximum atomic E-state index is 12.3. The first-order valence-corrected chi connectivity index (χ1v) is 7.86. The van der Waals surface area contributed by atoms with Crippen LogP contribution in [-0.4, -0.2) is 22.7 Å². The molecule has 24 heavy (non-hydrogen) atoms. The highest BCUT2D eigenvalue weighted by atomic mass is 16.5. The first-order chi connectivity index (χ1) is 11.6. The van der Waals surface area contributed by atoms with Crippen LogP contribution in [0.2, 0.25) is 0 Å². The summed E-state index contributed by atoms with van der Waals surface area (Å²) >= 11 is 0. The van der Waals surface area contributed by atoms with E-state index in [2.05, 4.69) is 15.5 Å². The van der Waals surface area contributed by atoms with Gasteiger partial charge in [-0.25, -0.2) is 0 Å². The summed E-state index contributed by atoms with van der Waals surface area (Å²) in [4.78, 5) is 16.6. The third-order valence-electron chi connectivity index (χ3n) is 4.14. The lowest BCUT2D eigenvalue weighted by Gasteiger charge is -2.26. The van der Waals surface area contributed by atoms with Gasteiger partial charge >= 0.3 is 0 Å². The molecule has 0 radical (unpaired) electrons. The number of benzene rings is 1. The zero-order valence-corrected chi connectivity index (χ0v) is 13.4. The number of ether oxygens (including phenoxy) is 1. The summed E-state index contributed by atoms with van der Waals surface area (Å²) in [5, 5.41) is 15.8. The van der Waals surface area contributed by atoms with Crippen LogP contribution in [0.4, 0.5) is 0 Å². The van der Waals surface area contributed by atoms with Gasteiger partial charge in [0.25, 0.3) is 5.91 Å². The average Bonchev–Trinajstić information content (AvgIpc) is 3.23. The van der Waals surface area contributed by atoms with Crippen LogP contribution in [0, 0.1) is 18.3 Å². The Morgan fingerprint density at radius 3 is 2.67 bits per heavy atom. The van der Waals surface area contributed by atoms with Crippen LogP contribution in [0.5, 0.6) is 5.75 Å². The second kappa shape index (κ2) is 6.71. The highest BCUT2D eigenvalue weighted by Crippen LogP contribution is 2.37. The number of amides is 1. The lowest BCUT2D eigenvalue weighted by Crippen LogP contribution is -2.46. The highest BCUT2D eigenvalue weighted by Gasteiger charge is 2.41. The average molecular weight is 326 g/mol. The van der Waals surface area contributed by atoms with Crippen LogP contribution >= 0.6 is 0 Å². The molecular formula is C17H18N4O3. The summed E-state index contributed by atoms with van der Waals surface area (Å²) < 4.78 is 10.5. The van der Waals surface area contributed by atoms with Gasteiger partial charge in [-0.2, -0.15) is 10.2 Å². The Morgan fingerprint density at radius 2 is 2.08 bits per heavy atom. The molecule has 0 saturated heterocycles. The normalized spacial score (nSPS) is 15.7. The lowest BCUT2D eigenvalue weighted by molar-refractivity contribution is -0.125. The first-order valence-electron chi connectivity index (χ1n) is 7.86. The smallest absolute Gasteiger partial charge is 0.258 e. The number of aryl methyl sites for hydroxylation is 1. The second-order valence-electron chi connectivity index (χ2n) is 5.90. The molecule has 0 atom stereocenters. The van der Waals surface area contributed by atoms with E-state index >= 15 is 0 Å². The van der Waals surface area contributed by atoms with Gasteiger partial charge < -0.3 is 14.6 Å². The Morgan fingerprint density at radius 1 is 1.38 bits per heavy atom. The molecule has 1 saturated carbocycles. The molecule has 1 amide bonds. The number of hydrogen-bond acceptors (Lipinski definition) is 6. The Kier molecular flexibility index (Phi) is 4.47. The number of nitriles is 1. The van der Waals surface area contributed by atoms with Gasteiger partial charge in [0.05, 0.1) is 11.6 Å². The summed E-state index contributed by atoms with van der Waals surface area (Å²) in [6.45, 7) is 1.62. The van der Waals surface area contributed by atoms with Crippen LogP contribution in [-0.2, 0) is 10.3 Å². The van der Waals surface area contributed by atoms with E-state index in [0.29, 0.717) is 23.0 Å². The van der Waals surface area contributed by atoms with E-state index in [1.54, 1.807) is 31.2 Å². The van der Waals surface area contributed by atoms with Crippen molar-refractivity contribution in [3.05, 3.63) is 41.5 Å². The SMILES string of the molecule is Cc1nc(C2(NC(=O)COc3ccc(C#N)cc3)CCCC2)no1. The van der Waals surface area contributed by atoms with Crippen molar-refractivity contribution in [3.63, 3.8) is 0 Å². The van der Waals surface area contributed by atoms with E-state index in [1.165, 1.54) is 0 Å². The standard InChI is InChI=1S/C17H18N4O3/c1-12-19-16(21-24-12)17(8-2-3-9-17)20-15(22)11-23-14-6-4-13(10-18)5-7-14/h4-7H,2-3,8-9,11H2,1H3,(H,20,22). The quantitative estimate of drug-likeness (QED) is 0.904. The largest absolute Gasteiger partial charge is 0.484 e. The molecule has 0 aliphatic heterocycles. The van der Waals surface area contributed by atoms with Crippen molar-refractivity contribution in [2.24, 2.45) is 0 Å². The van der Waals surface area contributed by atoms with E-state index in [1.807, 2.05) is 6.07 Å². The summed E-state index contributed by atoms with van der Waals surface area (Å²) in [5.41, 5.74) is -0.0211. The van der Waals surface area contributed by atoms with Crippen LogP contribution < -0.4 is 10.1 Å². The minimum absolute atomic E-state index is 0.107. The number of nitrogens with zero attached hydrogens (tertiary/aromatic N) is 3. The predicted molar refractivity (Wildman–Crippen MR) is 84.0 cm³/mol. The molecule has 0 bridgehead atoms. The fraction of sp³-hybridized carbons (Fsp3) is 0.412. The monoisotopic (exact) mass is 326 g/mol. The van der Waals surface area contributed by atoms with Gasteiger partial charge in [-0.3, -0.25) is 4.79 Å².